The molecule has 0 N–H and O–H groups in total. The molecule has 1 saturated heterocycles. The first-order valence-corrected chi connectivity index (χ1v) is 8.14. The quantitative estimate of drug-likeness (QED) is 0.793. The molecule has 4 heteroatoms. The first-order chi connectivity index (χ1) is 8.97. The van der Waals surface area contributed by atoms with E-state index in [0.29, 0.717) is 18.1 Å². The third kappa shape index (κ3) is 3.51. The molecule has 0 bridgehead atoms. The van der Waals surface area contributed by atoms with Crippen molar-refractivity contribution in [2.75, 3.05) is 31.1 Å². The molecule has 0 radical (unpaired) electrons. The number of Topliss-reactive ketones (excluding diaryl/α,β-unsaturated/α-hetero) is 1. The minimum Gasteiger partial charge on any atom is -0.294 e. The summed E-state index contributed by atoms with van der Waals surface area (Å²) in [5.74, 6) is 1.56. The number of hydrogen-bond donors (Lipinski definition) is 0. The van der Waals surface area contributed by atoms with Crippen LogP contribution in [-0.4, -0.2) is 46.0 Å². The summed E-state index contributed by atoms with van der Waals surface area (Å²) in [6.45, 7) is 8.07. The summed E-state index contributed by atoms with van der Waals surface area (Å²) in [7, 11) is -0.684. The first kappa shape index (κ1) is 14.4. The fourth-order valence-corrected chi connectivity index (χ4v) is 3.51. The van der Waals surface area contributed by atoms with Gasteiger partial charge in [0.1, 0.15) is 0 Å². The number of benzene rings is 1. The van der Waals surface area contributed by atoms with Crippen LogP contribution >= 0.6 is 0 Å². The molecular weight excluding hydrogens is 258 g/mol. The molecule has 19 heavy (non-hydrogen) atoms. The van der Waals surface area contributed by atoms with Crippen LogP contribution in [0.2, 0.25) is 0 Å². The van der Waals surface area contributed by atoms with Crippen molar-refractivity contribution in [3.8, 4) is 0 Å². The van der Waals surface area contributed by atoms with E-state index in [-0.39, 0.29) is 5.78 Å². The van der Waals surface area contributed by atoms with Gasteiger partial charge >= 0.3 is 0 Å². The Morgan fingerprint density at radius 3 is 2.32 bits per heavy atom. The summed E-state index contributed by atoms with van der Waals surface area (Å²) >= 11 is 0. The molecule has 1 aromatic carbocycles. The highest BCUT2D eigenvalue weighted by atomic mass is 32.2. The predicted octanol–water partition coefficient (Wildman–Crippen LogP) is 1.86. The smallest absolute Gasteiger partial charge is 0.177 e. The van der Waals surface area contributed by atoms with Gasteiger partial charge in [-0.3, -0.25) is 13.9 Å². The molecule has 1 fully saturated rings. The fraction of sp³-hybridized carbons (Fsp3) is 0.533. The van der Waals surface area contributed by atoms with Gasteiger partial charge in [-0.25, -0.2) is 0 Å². The van der Waals surface area contributed by atoms with Gasteiger partial charge in [-0.15, -0.1) is 0 Å². The maximum absolute atomic E-state index is 12.4. The van der Waals surface area contributed by atoms with Crippen LogP contribution in [-0.2, 0) is 10.8 Å². The third-order valence-electron chi connectivity index (χ3n) is 3.78. The van der Waals surface area contributed by atoms with Crippen molar-refractivity contribution in [2.45, 2.75) is 20.8 Å². The van der Waals surface area contributed by atoms with Crippen molar-refractivity contribution in [1.82, 2.24) is 4.90 Å². The van der Waals surface area contributed by atoms with Crippen LogP contribution in [0.15, 0.2) is 12.1 Å². The van der Waals surface area contributed by atoms with Gasteiger partial charge in [0, 0.05) is 41.0 Å². The second-order valence-electron chi connectivity index (χ2n) is 5.30. The van der Waals surface area contributed by atoms with Crippen molar-refractivity contribution in [2.24, 2.45) is 0 Å². The SMILES string of the molecule is Cc1cc(C)c(C(=O)CN2CCS(=O)CC2)cc1C. The molecular formula is C15H21NO2S. The van der Waals surface area contributed by atoms with Crippen molar-refractivity contribution in [1.29, 1.82) is 0 Å². The van der Waals surface area contributed by atoms with Crippen molar-refractivity contribution in [3.63, 3.8) is 0 Å². The minimum absolute atomic E-state index is 0.174. The minimum atomic E-state index is -0.684. The number of rotatable bonds is 3. The molecule has 0 aromatic heterocycles. The Balaban J connectivity index is 2.08. The molecule has 1 heterocycles. The number of hydrogen-bond acceptors (Lipinski definition) is 3. The molecule has 0 spiro atoms. The van der Waals surface area contributed by atoms with E-state index in [1.165, 1.54) is 5.56 Å². The van der Waals surface area contributed by atoms with Gasteiger partial charge in [-0.05, 0) is 43.5 Å². The van der Waals surface area contributed by atoms with Crippen LogP contribution in [0.25, 0.3) is 0 Å². The van der Waals surface area contributed by atoms with Crippen molar-refractivity contribution >= 4 is 16.6 Å². The van der Waals surface area contributed by atoms with Gasteiger partial charge in [0.15, 0.2) is 5.78 Å². The Morgan fingerprint density at radius 1 is 1.11 bits per heavy atom. The van der Waals surface area contributed by atoms with E-state index in [0.717, 1.165) is 29.8 Å². The maximum atomic E-state index is 12.4. The molecule has 0 atom stereocenters. The van der Waals surface area contributed by atoms with Crippen LogP contribution in [0.4, 0.5) is 0 Å². The molecule has 0 unspecified atom stereocenters. The Morgan fingerprint density at radius 2 is 1.68 bits per heavy atom. The number of ketones is 1. The lowest BCUT2D eigenvalue weighted by Crippen LogP contribution is -2.40. The standard InChI is InChI=1S/C15H21NO2S/c1-11-8-13(3)14(9-12(11)2)15(17)10-16-4-6-19(18)7-5-16/h8-9H,4-7,10H2,1-3H3. The second kappa shape index (κ2) is 5.97. The molecule has 2 rings (SSSR count). The summed E-state index contributed by atoms with van der Waals surface area (Å²) < 4.78 is 11.3. The lowest BCUT2D eigenvalue weighted by Gasteiger charge is -2.25. The number of carbonyl (C=O) groups excluding carboxylic acids is 1. The molecule has 0 amide bonds. The summed E-state index contributed by atoms with van der Waals surface area (Å²) in [5.41, 5.74) is 4.26. The molecule has 1 aliphatic heterocycles. The number of nitrogens with zero attached hydrogens (tertiary/aromatic N) is 1. The van der Waals surface area contributed by atoms with E-state index < -0.39 is 10.8 Å². The Hall–Kier alpha value is -1.00. The summed E-state index contributed by atoms with van der Waals surface area (Å²) in [5, 5.41) is 0. The largest absolute Gasteiger partial charge is 0.294 e. The van der Waals surface area contributed by atoms with Crippen LogP contribution < -0.4 is 0 Å². The molecule has 104 valence electrons. The maximum Gasteiger partial charge on any atom is 0.177 e. The van der Waals surface area contributed by atoms with Crippen LogP contribution in [0.1, 0.15) is 27.0 Å². The molecule has 1 aromatic rings. The average Bonchev–Trinajstić information content (AvgIpc) is 2.36. The zero-order valence-corrected chi connectivity index (χ0v) is 12.7. The van der Waals surface area contributed by atoms with Gasteiger partial charge < -0.3 is 0 Å². The molecule has 0 aliphatic carbocycles. The van der Waals surface area contributed by atoms with E-state index in [2.05, 4.69) is 17.9 Å². The summed E-state index contributed by atoms with van der Waals surface area (Å²) in [4.78, 5) is 14.5. The lowest BCUT2D eigenvalue weighted by atomic mass is 9.98. The highest BCUT2D eigenvalue weighted by Gasteiger charge is 2.19. The monoisotopic (exact) mass is 279 g/mol. The van der Waals surface area contributed by atoms with E-state index >= 15 is 0 Å². The third-order valence-corrected chi connectivity index (χ3v) is 5.05. The zero-order valence-electron chi connectivity index (χ0n) is 11.9. The normalized spacial score (nSPS) is 17.6. The van der Waals surface area contributed by atoms with Gasteiger partial charge in [-0.1, -0.05) is 6.07 Å². The second-order valence-corrected chi connectivity index (χ2v) is 6.99. The fourth-order valence-electron chi connectivity index (χ4n) is 2.38. The van der Waals surface area contributed by atoms with Gasteiger partial charge in [0.05, 0.1) is 6.54 Å². The van der Waals surface area contributed by atoms with Gasteiger partial charge in [0.2, 0.25) is 0 Å². The molecule has 3 nitrogen and oxygen atoms in total. The van der Waals surface area contributed by atoms with Crippen molar-refractivity contribution < 1.29 is 9.00 Å². The van der Waals surface area contributed by atoms with E-state index in [9.17, 15) is 9.00 Å². The molecule has 0 saturated carbocycles. The Bertz CT molecular complexity index is 515. The first-order valence-electron chi connectivity index (χ1n) is 6.66. The lowest BCUT2D eigenvalue weighted by molar-refractivity contribution is 0.0936. The van der Waals surface area contributed by atoms with Gasteiger partial charge in [-0.2, -0.15) is 0 Å². The highest BCUT2D eigenvalue weighted by molar-refractivity contribution is 7.85. The Labute approximate surface area is 117 Å². The number of carbonyl (C=O) groups is 1. The zero-order chi connectivity index (χ0) is 14.0. The Kier molecular flexibility index (Phi) is 4.53. The highest BCUT2D eigenvalue weighted by Crippen LogP contribution is 2.16. The van der Waals surface area contributed by atoms with Crippen LogP contribution in [0.3, 0.4) is 0 Å². The molecule has 1 aliphatic rings. The predicted molar refractivity (Wildman–Crippen MR) is 79.3 cm³/mol. The topological polar surface area (TPSA) is 37.4 Å². The van der Waals surface area contributed by atoms with E-state index in [1.807, 2.05) is 19.9 Å². The van der Waals surface area contributed by atoms with Gasteiger partial charge in [0.25, 0.3) is 0 Å². The van der Waals surface area contributed by atoms with E-state index in [4.69, 9.17) is 0 Å². The van der Waals surface area contributed by atoms with E-state index in [1.54, 1.807) is 0 Å². The average molecular weight is 279 g/mol. The van der Waals surface area contributed by atoms with Crippen molar-refractivity contribution in [3.05, 3.63) is 34.4 Å². The summed E-state index contributed by atoms with van der Waals surface area (Å²) in [6, 6.07) is 4.07. The summed E-state index contributed by atoms with van der Waals surface area (Å²) in [6.07, 6.45) is 0. The number of aryl methyl sites for hydroxylation is 3. The van der Waals surface area contributed by atoms with Crippen LogP contribution in [0, 0.1) is 20.8 Å². The van der Waals surface area contributed by atoms with Crippen LogP contribution in [0.5, 0.6) is 0 Å².